The second kappa shape index (κ2) is 12.2. The van der Waals surface area contributed by atoms with Crippen LogP contribution in [0.1, 0.15) is 31.2 Å². The second-order valence-corrected chi connectivity index (χ2v) is 7.79. The first-order valence-corrected chi connectivity index (χ1v) is 11.1. The Hall–Kier alpha value is -2.53. The summed E-state index contributed by atoms with van der Waals surface area (Å²) >= 11 is 0. The van der Waals surface area contributed by atoms with E-state index in [1.54, 1.807) is 7.11 Å². The van der Waals surface area contributed by atoms with Crippen molar-refractivity contribution in [2.45, 2.75) is 32.1 Å². The van der Waals surface area contributed by atoms with E-state index in [0.29, 0.717) is 13.0 Å². The van der Waals surface area contributed by atoms with E-state index in [1.807, 2.05) is 29.2 Å². The standard InChI is InChI=1S/C25H34N2O3/c1-29-23-12-14-24(15-13-23)30-21-6-11-25(28)27-18-7-17-26(19-20-27)16-5-10-22-8-3-2-4-9-22/h2-4,8-9,12-15H,5-7,10-11,16-21H2,1H3. The Morgan fingerprint density at radius 3 is 2.43 bits per heavy atom. The van der Waals surface area contributed by atoms with E-state index in [1.165, 1.54) is 12.0 Å². The Morgan fingerprint density at radius 2 is 1.67 bits per heavy atom. The smallest absolute Gasteiger partial charge is 0.222 e. The van der Waals surface area contributed by atoms with Gasteiger partial charge in [-0.05, 0) is 68.6 Å². The predicted octanol–water partition coefficient (Wildman–Crippen LogP) is 4.02. The van der Waals surface area contributed by atoms with Crippen molar-refractivity contribution in [1.82, 2.24) is 9.80 Å². The maximum absolute atomic E-state index is 12.6. The van der Waals surface area contributed by atoms with Gasteiger partial charge < -0.3 is 19.3 Å². The highest BCUT2D eigenvalue weighted by Gasteiger charge is 2.18. The van der Waals surface area contributed by atoms with E-state index in [9.17, 15) is 4.79 Å². The predicted molar refractivity (Wildman–Crippen MR) is 120 cm³/mol. The summed E-state index contributed by atoms with van der Waals surface area (Å²) in [4.78, 5) is 17.1. The highest BCUT2D eigenvalue weighted by Crippen LogP contribution is 2.17. The lowest BCUT2D eigenvalue weighted by molar-refractivity contribution is -0.131. The van der Waals surface area contributed by atoms with E-state index in [-0.39, 0.29) is 5.91 Å². The average Bonchev–Trinajstić information content (AvgIpc) is 3.03. The molecule has 3 rings (SSSR count). The van der Waals surface area contributed by atoms with Gasteiger partial charge >= 0.3 is 0 Å². The van der Waals surface area contributed by atoms with Crippen LogP contribution >= 0.6 is 0 Å². The Labute approximate surface area is 180 Å². The van der Waals surface area contributed by atoms with Crippen molar-refractivity contribution in [2.24, 2.45) is 0 Å². The number of aryl methyl sites for hydroxylation is 1. The minimum atomic E-state index is 0.250. The fraction of sp³-hybridized carbons (Fsp3) is 0.480. The summed E-state index contributed by atoms with van der Waals surface area (Å²) in [6.07, 6.45) is 4.63. The monoisotopic (exact) mass is 410 g/mol. The van der Waals surface area contributed by atoms with Crippen molar-refractivity contribution in [3.8, 4) is 11.5 Å². The van der Waals surface area contributed by atoms with Crippen molar-refractivity contribution in [3.63, 3.8) is 0 Å². The molecule has 1 amide bonds. The maximum Gasteiger partial charge on any atom is 0.222 e. The Bertz CT molecular complexity index is 749. The first kappa shape index (κ1) is 22.2. The van der Waals surface area contributed by atoms with Crippen LogP contribution in [0.2, 0.25) is 0 Å². The molecule has 162 valence electrons. The van der Waals surface area contributed by atoms with Crippen LogP contribution in [0.3, 0.4) is 0 Å². The topological polar surface area (TPSA) is 42.0 Å². The van der Waals surface area contributed by atoms with E-state index in [0.717, 1.165) is 63.5 Å². The first-order chi connectivity index (χ1) is 14.7. The molecule has 0 spiro atoms. The number of hydrogen-bond donors (Lipinski definition) is 0. The van der Waals surface area contributed by atoms with Crippen LogP contribution in [0.25, 0.3) is 0 Å². The number of benzene rings is 2. The molecule has 0 unspecified atom stereocenters. The minimum Gasteiger partial charge on any atom is -0.497 e. The molecular weight excluding hydrogens is 376 g/mol. The van der Waals surface area contributed by atoms with Crippen molar-refractivity contribution in [1.29, 1.82) is 0 Å². The number of nitrogens with zero attached hydrogens (tertiary/aromatic N) is 2. The SMILES string of the molecule is COc1ccc(OCCCC(=O)N2CCCN(CCCc3ccccc3)CC2)cc1. The molecule has 1 saturated heterocycles. The van der Waals surface area contributed by atoms with Gasteiger partial charge in [0.25, 0.3) is 0 Å². The molecule has 0 aliphatic carbocycles. The van der Waals surface area contributed by atoms with Crippen LogP contribution < -0.4 is 9.47 Å². The number of ether oxygens (including phenoxy) is 2. The lowest BCUT2D eigenvalue weighted by atomic mass is 10.1. The Balaban J connectivity index is 1.30. The van der Waals surface area contributed by atoms with Gasteiger partial charge in [-0.25, -0.2) is 0 Å². The normalized spacial score (nSPS) is 14.9. The largest absolute Gasteiger partial charge is 0.497 e. The zero-order chi connectivity index (χ0) is 21.0. The molecule has 0 saturated carbocycles. The highest BCUT2D eigenvalue weighted by atomic mass is 16.5. The van der Waals surface area contributed by atoms with Gasteiger partial charge in [-0.15, -0.1) is 0 Å². The number of methoxy groups -OCH3 is 1. The van der Waals surface area contributed by atoms with Gasteiger partial charge in [0.05, 0.1) is 13.7 Å². The fourth-order valence-corrected chi connectivity index (χ4v) is 3.84. The highest BCUT2D eigenvalue weighted by molar-refractivity contribution is 5.76. The van der Waals surface area contributed by atoms with Gasteiger partial charge in [-0.2, -0.15) is 0 Å². The van der Waals surface area contributed by atoms with Gasteiger partial charge in [-0.1, -0.05) is 30.3 Å². The maximum atomic E-state index is 12.6. The molecular formula is C25H34N2O3. The van der Waals surface area contributed by atoms with Gasteiger partial charge in [0.2, 0.25) is 5.91 Å². The molecule has 2 aromatic carbocycles. The van der Waals surface area contributed by atoms with Gasteiger partial charge in [-0.3, -0.25) is 4.79 Å². The lowest BCUT2D eigenvalue weighted by Gasteiger charge is -2.22. The van der Waals surface area contributed by atoms with E-state index in [4.69, 9.17) is 9.47 Å². The first-order valence-electron chi connectivity index (χ1n) is 11.1. The van der Waals surface area contributed by atoms with E-state index >= 15 is 0 Å². The van der Waals surface area contributed by atoms with Crippen molar-refractivity contribution < 1.29 is 14.3 Å². The number of hydrogen-bond acceptors (Lipinski definition) is 4. The molecule has 0 radical (unpaired) electrons. The molecule has 0 N–H and O–H groups in total. The van der Waals surface area contributed by atoms with Crippen LogP contribution in [0.15, 0.2) is 54.6 Å². The van der Waals surface area contributed by atoms with Crippen molar-refractivity contribution >= 4 is 5.91 Å². The molecule has 2 aromatic rings. The third kappa shape index (κ3) is 7.38. The Kier molecular flexibility index (Phi) is 9.04. The molecule has 5 nitrogen and oxygen atoms in total. The van der Waals surface area contributed by atoms with Crippen LogP contribution in [0.5, 0.6) is 11.5 Å². The molecule has 0 aromatic heterocycles. The molecule has 0 atom stereocenters. The summed E-state index contributed by atoms with van der Waals surface area (Å²) in [5, 5.41) is 0. The van der Waals surface area contributed by atoms with Gasteiger partial charge in [0.15, 0.2) is 0 Å². The molecule has 30 heavy (non-hydrogen) atoms. The van der Waals surface area contributed by atoms with Crippen LogP contribution in [0, 0.1) is 0 Å². The number of carbonyl (C=O) groups excluding carboxylic acids is 1. The lowest BCUT2D eigenvalue weighted by Crippen LogP contribution is -2.35. The summed E-state index contributed by atoms with van der Waals surface area (Å²) < 4.78 is 10.9. The summed E-state index contributed by atoms with van der Waals surface area (Å²) in [7, 11) is 1.65. The molecule has 1 fully saturated rings. The number of rotatable bonds is 10. The zero-order valence-corrected chi connectivity index (χ0v) is 18.1. The summed E-state index contributed by atoms with van der Waals surface area (Å²) in [6, 6.07) is 18.2. The van der Waals surface area contributed by atoms with Crippen LogP contribution in [0.4, 0.5) is 0 Å². The molecule has 1 heterocycles. The summed E-state index contributed by atoms with van der Waals surface area (Å²) in [5.41, 5.74) is 1.40. The molecule has 1 aliphatic rings. The fourth-order valence-electron chi connectivity index (χ4n) is 3.84. The van der Waals surface area contributed by atoms with E-state index < -0.39 is 0 Å². The van der Waals surface area contributed by atoms with E-state index in [2.05, 4.69) is 35.2 Å². The second-order valence-electron chi connectivity index (χ2n) is 7.79. The summed E-state index contributed by atoms with van der Waals surface area (Å²) in [6.45, 7) is 5.42. The molecule has 0 bridgehead atoms. The number of amides is 1. The van der Waals surface area contributed by atoms with Crippen molar-refractivity contribution in [2.75, 3.05) is 46.4 Å². The van der Waals surface area contributed by atoms with Crippen LogP contribution in [-0.4, -0.2) is 62.1 Å². The quantitative estimate of drug-likeness (QED) is 0.555. The van der Waals surface area contributed by atoms with Crippen molar-refractivity contribution in [3.05, 3.63) is 60.2 Å². The zero-order valence-electron chi connectivity index (χ0n) is 18.1. The Morgan fingerprint density at radius 1 is 0.900 bits per heavy atom. The minimum absolute atomic E-state index is 0.250. The van der Waals surface area contributed by atoms with Crippen LogP contribution in [-0.2, 0) is 11.2 Å². The average molecular weight is 411 g/mol. The molecule has 1 aliphatic heterocycles. The summed E-state index contributed by atoms with van der Waals surface area (Å²) in [5.74, 6) is 1.87. The molecule has 5 heteroatoms. The van der Waals surface area contributed by atoms with Gasteiger partial charge in [0.1, 0.15) is 11.5 Å². The third-order valence-electron chi connectivity index (χ3n) is 5.59. The third-order valence-corrected chi connectivity index (χ3v) is 5.59. The number of carbonyl (C=O) groups is 1. The van der Waals surface area contributed by atoms with Gasteiger partial charge in [0, 0.05) is 26.1 Å².